The molecule has 0 unspecified atom stereocenters. The van der Waals surface area contributed by atoms with Crippen LogP contribution in [0.4, 0.5) is 4.79 Å². The van der Waals surface area contributed by atoms with Gasteiger partial charge in [0, 0.05) is 12.5 Å². The molecule has 1 fully saturated rings. The smallest absolute Gasteiger partial charge is 0.408 e. The van der Waals surface area contributed by atoms with Crippen molar-refractivity contribution in [2.45, 2.75) is 90.4 Å². The lowest BCUT2D eigenvalue weighted by atomic mass is 10.1. The van der Waals surface area contributed by atoms with Gasteiger partial charge in [-0.15, -0.1) is 0 Å². The molecule has 1 aromatic carbocycles. The van der Waals surface area contributed by atoms with Crippen LogP contribution in [-0.2, 0) is 24.3 Å². The van der Waals surface area contributed by atoms with Gasteiger partial charge in [0.2, 0.25) is 0 Å². The number of esters is 1. The molecule has 1 aliphatic rings. The molecule has 1 amide bonds. The van der Waals surface area contributed by atoms with Gasteiger partial charge in [-0.2, -0.15) is 0 Å². The van der Waals surface area contributed by atoms with Gasteiger partial charge >= 0.3 is 12.1 Å². The van der Waals surface area contributed by atoms with Crippen LogP contribution < -0.4 is 14.8 Å². The molecule has 0 aromatic heterocycles. The van der Waals surface area contributed by atoms with Crippen molar-refractivity contribution in [2.24, 2.45) is 10.9 Å². The van der Waals surface area contributed by atoms with Crippen molar-refractivity contribution in [1.82, 2.24) is 10.0 Å². The van der Waals surface area contributed by atoms with Gasteiger partial charge in [0.25, 0.3) is 10.0 Å². The van der Waals surface area contributed by atoms with E-state index in [2.05, 4.69) is 15.0 Å². The molecule has 0 aliphatic heterocycles. The van der Waals surface area contributed by atoms with Crippen LogP contribution >= 0.6 is 11.8 Å². The van der Waals surface area contributed by atoms with Crippen molar-refractivity contribution in [3.8, 4) is 5.75 Å². The van der Waals surface area contributed by atoms with Crippen LogP contribution in [0.25, 0.3) is 0 Å². The molecule has 10 nitrogen and oxygen atoms in total. The number of methoxy groups -OCH3 is 1. The number of aliphatic imine (C=N–C) groups is 1. The second kappa shape index (κ2) is 11.3. The topological polar surface area (TPSA) is 132 Å². The number of nitrogens with one attached hydrogen (secondary N) is 2. The fraction of sp³-hybridized carbons (Fsp3) is 0.654. The predicted octanol–water partition coefficient (Wildman–Crippen LogP) is 4.24. The Balaban J connectivity index is 2.28. The molecule has 0 heterocycles. The Bertz CT molecular complexity index is 1210. The van der Waals surface area contributed by atoms with E-state index in [1.54, 1.807) is 74.8 Å². The molecule has 0 spiro atoms. The molecule has 12 heteroatoms. The number of ether oxygens (including phenoxy) is 3. The minimum atomic E-state index is -3.95. The number of amides is 1. The van der Waals surface area contributed by atoms with E-state index in [0.29, 0.717) is 16.9 Å². The molecular weight excluding hydrogens is 530 g/mol. The Morgan fingerprint density at radius 3 is 2.16 bits per heavy atom. The molecule has 214 valence electrons. The molecule has 0 radical (unpaired) electrons. The number of alkyl carbamates (subject to hydrolysis) is 1. The monoisotopic (exact) mass is 571 g/mol. The van der Waals surface area contributed by atoms with Crippen LogP contribution in [0, 0.1) is 26.7 Å². The number of aryl methyl sites for hydroxylation is 1. The molecule has 1 aromatic rings. The lowest BCUT2D eigenvalue weighted by molar-refractivity contribution is -0.159. The maximum absolute atomic E-state index is 13.3. The fourth-order valence-corrected chi connectivity index (χ4v) is 6.13. The molecule has 1 saturated carbocycles. The lowest BCUT2D eigenvalue weighted by Gasteiger charge is -2.27. The van der Waals surface area contributed by atoms with E-state index in [1.807, 2.05) is 6.92 Å². The Hall–Kier alpha value is -2.47. The first-order chi connectivity index (χ1) is 17.3. The third kappa shape index (κ3) is 7.78. The van der Waals surface area contributed by atoms with Crippen LogP contribution in [0.3, 0.4) is 0 Å². The number of amidine groups is 1. The normalized spacial score (nSPS) is 20.0. The van der Waals surface area contributed by atoms with Crippen LogP contribution in [0.1, 0.15) is 64.7 Å². The summed E-state index contributed by atoms with van der Waals surface area (Å²) in [4.78, 5) is 30.2. The van der Waals surface area contributed by atoms with E-state index >= 15 is 0 Å². The van der Waals surface area contributed by atoms with E-state index in [9.17, 15) is 18.0 Å². The van der Waals surface area contributed by atoms with Gasteiger partial charge in [0.05, 0.1) is 12.0 Å². The highest BCUT2D eigenvalue weighted by Crippen LogP contribution is 2.46. The number of hydrogen-bond acceptors (Lipinski definition) is 9. The van der Waals surface area contributed by atoms with Gasteiger partial charge in [-0.25, -0.2) is 18.0 Å². The number of carbonyl (C=O) groups is 2. The predicted molar refractivity (Wildman–Crippen MR) is 149 cm³/mol. The number of sulfonamides is 1. The summed E-state index contributed by atoms with van der Waals surface area (Å²) in [5.74, 6) is -0.337. The summed E-state index contributed by atoms with van der Waals surface area (Å²) in [6.45, 7) is 15.8. The number of benzene rings is 1. The highest BCUT2D eigenvalue weighted by Gasteiger charge is 2.63. The molecule has 38 heavy (non-hydrogen) atoms. The van der Waals surface area contributed by atoms with Crippen molar-refractivity contribution in [2.75, 3.05) is 19.9 Å². The summed E-state index contributed by atoms with van der Waals surface area (Å²) in [6, 6.07) is 1.57. The van der Waals surface area contributed by atoms with Crippen molar-refractivity contribution in [3.63, 3.8) is 0 Å². The third-order valence-corrected chi connectivity index (χ3v) is 8.15. The van der Waals surface area contributed by atoms with Gasteiger partial charge in [-0.1, -0.05) is 11.8 Å². The number of rotatable bonds is 7. The molecule has 1 aliphatic carbocycles. The molecule has 0 bridgehead atoms. The first-order valence-electron chi connectivity index (χ1n) is 12.3. The average Bonchev–Trinajstić information content (AvgIpc) is 3.45. The van der Waals surface area contributed by atoms with Gasteiger partial charge in [0.15, 0.2) is 5.17 Å². The van der Waals surface area contributed by atoms with Gasteiger partial charge in [-0.05, 0) is 97.7 Å². The van der Waals surface area contributed by atoms with E-state index < -0.39 is 44.7 Å². The Morgan fingerprint density at radius 2 is 1.66 bits per heavy atom. The Kier molecular flexibility index (Phi) is 9.47. The maximum Gasteiger partial charge on any atom is 0.408 e. The third-order valence-electron chi connectivity index (χ3n) is 5.93. The summed E-state index contributed by atoms with van der Waals surface area (Å²) in [6.07, 6.45) is 1.25. The van der Waals surface area contributed by atoms with E-state index in [0.717, 1.165) is 17.3 Å². The summed E-state index contributed by atoms with van der Waals surface area (Å²) in [7, 11) is -2.40. The van der Waals surface area contributed by atoms with Crippen molar-refractivity contribution < 1.29 is 32.2 Å². The summed E-state index contributed by atoms with van der Waals surface area (Å²) in [5, 5.41) is 2.85. The Morgan fingerprint density at radius 1 is 1.08 bits per heavy atom. The Labute approximate surface area is 230 Å². The second-order valence-corrected chi connectivity index (χ2v) is 13.9. The minimum absolute atomic E-state index is 0.0907. The molecule has 0 saturated heterocycles. The van der Waals surface area contributed by atoms with Gasteiger partial charge in [-0.3, -0.25) is 9.71 Å². The maximum atomic E-state index is 13.3. The summed E-state index contributed by atoms with van der Waals surface area (Å²) >= 11 is 1.13. The fourth-order valence-electron chi connectivity index (χ4n) is 3.98. The van der Waals surface area contributed by atoms with Crippen LogP contribution in [0.5, 0.6) is 5.75 Å². The molecule has 2 rings (SSSR count). The first kappa shape index (κ1) is 31.7. The van der Waals surface area contributed by atoms with E-state index in [1.165, 1.54) is 0 Å². The van der Waals surface area contributed by atoms with Gasteiger partial charge < -0.3 is 19.5 Å². The molecule has 2 N–H and O–H groups in total. The van der Waals surface area contributed by atoms with Crippen molar-refractivity contribution in [3.05, 3.63) is 22.8 Å². The average molecular weight is 572 g/mol. The summed E-state index contributed by atoms with van der Waals surface area (Å²) in [5.41, 5.74) is -0.795. The van der Waals surface area contributed by atoms with Crippen LogP contribution in [0.15, 0.2) is 16.0 Å². The van der Waals surface area contributed by atoms with E-state index in [4.69, 9.17) is 14.2 Å². The number of nitrogens with zero attached hydrogens (tertiary/aromatic N) is 1. The van der Waals surface area contributed by atoms with Crippen molar-refractivity contribution in [1.29, 1.82) is 0 Å². The second-order valence-electron chi connectivity index (χ2n) is 11.4. The number of hydrogen-bond donors (Lipinski definition) is 2. The molecule has 2 atom stereocenters. The zero-order chi connectivity index (χ0) is 29.3. The van der Waals surface area contributed by atoms with Crippen LogP contribution in [0.2, 0.25) is 0 Å². The summed E-state index contributed by atoms with van der Waals surface area (Å²) < 4.78 is 45.4. The van der Waals surface area contributed by atoms with Gasteiger partial charge in [0.1, 0.15) is 22.5 Å². The SMILES string of the molecule is COc1c(C)cc(S(=O)(=O)NC(=NC[C@@H]2C[C@@]2(NC(=O)OC(C)(C)C)C(=O)OC(C)(C)C)SC)c(C)c1C. The lowest BCUT2D eigenvalue weighted by Crippen LogP contribution is -2.49. The van der Waals surface area contributed by atoms with E-state index in [-0.39, 0.29) is 23.0 Å². The zero-order valence-electron chi connectivity index (χ0n) is 24.2. The first-order valence-corrected chi connectivity index (χ1v) is 15.0. The quantitative estimate of drug-likeness (QED) is 0.282. The highest BCUT2D eigenvalue weighted by atomic mass is 32.2. The molecular formula is C26H41N3O7S2. The minimum Gasteiger partial charge on any atom is -0.496 e. The van der Waals surface area contributed by atoms with Crippen LogP contribution in [-0.4, -0.2) is 62.3 Å². The largest absolute Gasteiger partial charge is 0.496 e. The zero-order valence-corrected chi connectivity index (χ0v) is 25.8. The standard InChI is InChI=1S/C26H41N3O7S2/c1-15-12-19(16(2)17(3)20(15)34-10)38(32,33)29-22(37-11)27-14-18-13-26(18,21(30)35-24(4,5)6)28-23(31)36-25(7,8)9/h12,18H,13-14H2,1-11H3,(H,27,29)(H,28,31)/t18-,26-/m0/s1. The number of carbonyl (C=O) groups excluding carboxylic acids is 2. The van der Waals surface area contributed by atoms with Crippen molar-refractivity contribution >= 4 is 39.0 Å². The highest BCUT2D eigenvalue weighted by molar-refractivity contribution is 8.14. The number of thioether (sulfide) groups is 1.